The lowest BCUT2D eigenvalue weighted by Gasteiger charge is -2.06. The van der Waals surface area contributed by atoms with Gasteiger partial charge in [0.25, 0.3) is 5.91 Å². The van der Waals surface area contributed by atoms with Gasteiger partial charge in [0.05, 0.1) is 0 Å². The highest BCUT2D eigenvalue weighted by Gasteiger charge is 2.13. The molecule has 2 aromatic heterocycles. The van der Waals surface area contributed by atoms with Gasteiger partial charge in [-0.1, -0.05) is 29.8 Å². The number of thiazole rings is 1. The standard InChI is InChI=1S/C20H18N6O2S/c1-13-6-8-16(9-7-13)28-11-18-22-17(12-29-18)20(27)21-15-5-3-4-14(10-15)19-23-24-25-26(19)2/h3-10,12H,11H2,1-2H3,(H,21,27). The van der Waals surface area contributed by atoms with E-state index in [1.165, 1.54) is 16.9 Å². The molecule has 0 aliphatic heterocycles. The van der Waals surface area contributed by atoms with Crippen molar-refractivity contribution in [3.63, 3.8) is 0 Å². The van der Waals surface area contributed by atoms with Crippen LogP contribution in [-0.4, -0.2) is 31.1 Å². The van der Waals surface area contributed by atoms with Crippen LogP contribution in [0.1, 0.15) is 21.1 Å². The second-order valence-corrected chi connectivity index (χ2v) is 7.33. The van der Waals surface area contributed by atoms with Crippen LogP contribution in [0.25, 0.3) is 11.4 Å². The lowest BCUT2D eigenvalue weighted by molar-refractivity contribution is 0.102. The average molecular weight is 406 g/mol. The monoisotopic (exact) mass is 406 g/mol. The highest BCUT2D eigenvalue weighted by Crippen LogP contribution is 2.21. The maximum Gasteiger partial charge on any atom is 0.275 e. The molecule has 146 valence electrons. The summed E-state index contributed by atoms with van der Waals surface area (Å²) in [5.41, 5.74) is 2.97. The number of aryl methyl sites for hydroxylation is 2. The Balaban J connectivity index is 1.40. The van der Waals surface area contributed by atoms with Gasteiger partial charge in [0.15, 0.2) is 5.82 Å². The van der Waals surface area contributed by atoms with Crippen LogP contribution in [0.3, 0.4) is 0 Å². The third-order valence-electron chi connectivity index (χ3n) is 4.17. The molecule has 0 radical (unpaired) electrons. The van der Waals surface area contributed by atoms with Crippen LogP contribution >= 0.6 is 11.3 Å². The molecule has 9 heteroatoms. The fourth-order valence-corrected chi connectivity index (χ4v) is 3.35. The van der Waals surface area contributed by atoms with Gasteiger partial charge in [0.2, 0.25) is 0 Å². The maximum atomic E-state index is 12.6. The van der Waals surface area contributed by atoms with Gasteiger partial charge in [-0.05, 0) is 41.6 Å². The van der Waals surface area contributed by atoms with E-state index in [9.17, 15) is 4.79 Å². The number of aromatic nitrogens is 5. The molecule has 29 heavy (non-hydrogen) atoms. The van der Waals surface area contributed by atoms with E-state index < -0.39 is 0 Å². The molecule has 1 amide bonds. The van der Waals surface area contributed by atoms with Crippen molar-refractivity contribution in [3.05, 3.63) is 70.2 Å². The van der Waals surface area contributed by atoms with Crippen molar-refractivity contribution in [3.8, 4) is 17.1 Å². The number of carbonyl (C=O) groups is 1. The molecule has 0 saturated heterocycles. The number of nitrogens with one attached hydrogen (secondary N) is 1. The van der Waals surface area contributed by atoms with Gasteiger partial charge in [0, 0.05) is 23.7 Å². The molecule has 0 spiro atoms. The zero-order valence-electron chi connectivity index (χ0n) is 15.9. The minimum Gasteiger partial charge on any atom is -0.486 e. The van der Waals surface area contributed by atoms with Gasteiger partial charge in [-0.2, -0.15) is 0 Å². The SMILES string of the molecule is Cc1ccc(OCc2nc(C(=O)Nc3cccc(-c4nnnn4C)c3)cs2)cc1. The first kappa shape index (κ1) is 18.8. The molecule has 4 rings (SSSR count). The third kappa shape index (κ3) is 4.46. The van der Waals surface area contributed by atoms with Gasteiger partial charge >= 0.3 is 0 Å². The molecular weight excluding hydrogens is 388 g/mol. The van der Waals surface area contributed by atoms with Gasteiger partial charge in [-0.25, -0.2) is 9.67 Å². The van der Waals surface area contributed by atoms with Crippen molar-refractivity contribution in [2.75, 3.05) is 5.32 Å². The van der Waals surface area contributed by atoms with E-state index in [1.54, 1.807) is 23.2 Å². The molecule has 8 nitrogen and oxygen atoms in total. The van der Waals surface area contributed by atoms with E-state index in [1.807, 2.05) is 49.4 Å². The Morgan fingerprint density at radius 2 is 2.03 bits per heavy atom. The number of nitrogens with zero attached hydrogens (tertiary/aromatic N) is 5. The number of amides is 1. The number of benzene rings is 2. The van der Waals surface area contributed by atoms with Crippen LogP contribution in [0, 0.1) is 6.92 Å². The normalized spacial score (nSPS) is 10.7. The molecule has 2 aromatic carbocycles. The number of ether oxygens (including phenoxy) is 1. The van der Waals surface area contributed by atoms with Gasteiger partial charge in [-0.15, -0.1) is 16.4 Å². The Morgan fingerprint density at radius 1 is 1.21 bits per heavy atom. The van der Waals surface area contributed by atoms with E-state index in [4.69, 9.17) is 4.74 Å². The fourth-order valence-electron chi connectivity index (χ4n) is 2.67. The summed E-state index contributed by atoms with van der Waals surface area (Å²) < 4.78 is 7.29. The topological polar surface area (TPSA) is 94.8 Å². The molecular formula is C20H18N6O2S. The van der Waals surface area contributed by atoms with Crippen LogP contribution < -0.4 is 10.1 Å². The van der Waals surface area contributed by atoms with Gasteiger partial charge in [-0.3, -0.25) is 4.79 Å². The predicted octanol–water partition coefficient (Wildman–Crippen LogP) is 3.47. The van der Waals surface area contributed by atoms with Crippen molar-refractivity contribution in [1.82, 2.24) is 25.2 Å². The molecule has 1 N–H and O–H groups in total. The van der Waals surface area contributed by atoms with Crippen molar-refractivity contribution in [1.29, 1.82) is 0 Å². The molecule has 2 heterocycles. The predicted molar refractivity (Wildman–Crippen MR) is 110 cm³/mol. The fraction of sp³-hybridized carbons (Fsp3) is 0.150. The van der Waals surface area contributed by atoms with Crippen molar-refractivity contribution >= 4 is 22.9 Å². The van der Waals surface area contributed by atoms with Crippen LogP contribution in [0.15, 0.2) is 53.9 Å². The van der Waals surface area contributed by atoms with E-state index in [0.29, 0.717) is 23.8 Å². The second kappa shape index (κ2) is 8.19. The summed E-state index contributed by atoms with van der Waals surface area (Å²) in [5, 5.41) is 16.8. The molecule has 0 atom stereocenters. The molecule has 0 aliphatic rings. The number of rotatable bonds is 6. The van der Waals surface area contributed by atoms with Gasteiger partial charge in [0.1, 0.15) is 23.1 Å². The van der Waals surface area contributed by atoms with E-state index in [-0.39, 0.29) is 5.91 Å². The molecule has 0 unspecified atom stereocenters. The minimum absolute atomic E-state index is 0.281. The van der Waals surface area contributed by atoms with Gasteiger partial charge < -0.3 is 10.1 Å². The van der Waals surface area contributed by atoms with Crippen molar-refractivity contribution in [2.24, 2.45) is 7.05 Å². The zero-order chi connectivity index (χ0) is 20.2. The minimum atomic E-state index is -0.281. The van der Waals surface area contributed by atoms with E-state index >= 15 is 0 Å². The number of tetrazole rings is 1. The summed E-state index contributed by atoms with van der Waals surface area (Å²) in [6.07, 6.45) is 0. The molecule has 0 saturated carbocycles. The van der Waals surface area contributed by atoms with Crippen LogP contribution in [0.4, 0.5) is 5.69 Å². The maximum absolute atomic E-state index is 12.6. The first-order chi connectivity index (χ1) is 14.1. The van der Waals surface area contributed by atoms with Crippen molar-refractivity contribution in [2.45, 2.75) is 13.5 Å². The lowest BCUT2D eigenvalue weighted by atomic mass is 10.2. The summed E-state index contributed by atoms with van der Waals surface area (Å²) in [7, 11) is 1.76. The summed E-state index contributed by atoms with van der Waals surface area (Å²) >= 11 is 1.39. The molecule has 4 aromatic rings. The van der Waals surface area contributed by atoms with E-state index in [2.05, 4.69) is 25.8 Å². The van der Waals surface area contributed by atoms with Crippen molar-refractivity contribution < 1.29 is 9.53 Å². The highest BCUT2D eigenvalue weighted by molar-refractivity contribution is 7.09. The van der Waals surface area contributed by atoms with Crippen LogP contribution in [-0.2, 0) is 13.7 Å². The number of hydrogen-bond donors (Lipinski definition) is 1. The van der Waals surface area contributed by atoms with Crippen LogP contribution in [0.5, 0.6) is 5.75 Å². The number of anilines is 1. The first-order valence-electron chi connectivity index (χ1n) is 8.86. The number of hydrogen-bond acceptors (Lipinski definition) is 7. The Kier molecular flexibility index (Phi) is 5.30. The second-order valence-electron chi connectivity index (χ2n) is 6.39. The third-order valence-corrected chi connectivity index (χ3v) is 4.99. The summed E-state index contributed by atoms with van der Waals surface area (Å²) in [6.45, 7) is 2.34. The van der Waals surface area contributed by atoms with E-state index in [0.717, 1.165) is 16.3 Å². The van der Waals surface area contributed by atoms with Crippen LogP contribution in [0.2, 0.25) is 0 Å². The Labute approximate surface area is 171 Å². The summed E-state index contributed by atoms with van der Waals surface area (Å²) in [5.74, 6) is 1.10. The first-order valence-corrected chi connectivity index (χ1v) is 9.74. The Bertz CT molecular complexity index is 1140. The zero-order valence-corrected chi connectivity index (χ0v) is 16.7. The highest BCUT2D eigenvalue weighted by atomic mass is 32.1. The summed E-state index contributed by atoms with van der Waals surface area (Å²) in [4.78, 5) is 16.9. The number of carbonyl (C=O) groups excluding carboxylic acids is 1. The smallest absolute Gasteiger partial charge is 0.275 e. The Hall–Kier alpha value is -3.59. The molecule has 0 bridgehead atoms. The quantitative estimate of drug-likeness (QED) is 0.527. The molecule has 0 aliphatic carbocycles. The molecule has 0 fully saturated rings. The lowest BCUT2D eigenvalue weighted by Crippen LogP contribution is -2.12. The largest absolute Gasteiger partial charge is 0.486 e. The summed E-state index contributed by atoms with van der Waals surface area (Å²) in [6, 6.07) is 15.1. The average Bonchev–Trinajstić information content (AvgIpc) is 3.37. The Morgan fingerprint density at radius 3 is 2.79 bits per heavy atom.